The van der Waals surface area contributed by atoms with Gasteiger partial charge in [0.05, 0.1) is 0 Å². The number of unbranched alkanes of at least 4 members (excludes halogenated alkanes) is 2. The number of thioether (sulfide) groups is 1. The molecule has 0 saturated carbocycles. The summed E-state index contributed by atoms with van der Waals surface area (Å²) >= 11 is 1.81. The lowest BCUT2D eigenvalue weighted by Gasteiger charge is -2.06. The maximum atomic E-state index is 10.3. The minimum atomic E-state index is -0.702. The van der Waals surface area contributed by atoms with Crippen LogP contribution >= 0.6 is 11.8 Å². The molecule has 0 heterocycles. The number of carbonyl (C=O) groups is 1. The van der Waals surface area contributed by atoms with E-state index in [0.717, 1.165) is 30.7 Å². The van der Waals surface area contributed by atoms with Crippen molar-refractivity contribution in [2.24, 2.45) is 0 Å². The monoisotopic (exact) mass is 253 g/mol. The molecule has 4 heteroatoms. The van der Waals surface area contributed by atoms with Crippen molar-refractivity contribution in [3.63, 3.8) is 0 Å². The summed E-state index contributed by atoms with van der Waals surface area (Å²) in [5, 5.41) is 8.49. The van der Waals surface area contributed by atoms with Crippen LogP contribution in [-0.4, -0.2) is 16.8 Å². The smallest absolute Gasteiger partial charge is 0.303 e. The van der Waals surface area contributed by atoms with E-state index in [2.05, 4.69) is 6.92 Å². The first-order chi connectivity index (χ1) is 8.09. The standard InChI is InChI=1S/C13H19NO2S/c1-10-9-11(14)6-7-12(10)17-8-4-2-3-5-13(15)16/h6-7,9H,2-5,8,14H2,1H3,(H,15,16). The Morgan fingerprint density at radius 1 is 1.35 bits per heavy atom. The van der Waals surface area contributed by atoms with E-state index >= 15 is 0 Å². The minimum absolute atomic E-state index is 0.283. The Morgan fingerprint density at radius 3 is 2.76 bits per heavy atom. The SMILES string of the molecule is Cc1cc(N)ccc1SCCCCCC(=O)O. The fourth-order valence-electron chi connectivity index (χ4n) is 1.57. The molecule has 0 radical (unpaired) electrons. The van der Waals surface area contributed by atoms with Gasteiger partial charge in [-0.25, -0.2) is 0 Å². The van der Waals surface area contributed by atoms with Gasteiger partial charge in [-0.05, 0) is 49.3 Å². The zero-order chi connectivity index (χ0) is 12.7. The molecule has 0 aliphatic carbocycles. The first-order valence-electron chi connectivity index (χ1n) is 5.80. The van der Waals surface area contributed by atoms with Crippen LogP contribution in [0.1, 0.15) is 31.2 Å². The van der Waals surface area contributed by atoms with Gasteiger partial charge < -0.3 is 10.8 Å². The molecule has 3 N–H and O–H groups in total. The van der Waals surface area contributed by atoms with Crippen LogP contribution in [0.3, 0.4) is 0 Å². The van der Waals surface area contributed by atoms with E-state index < -0.39 is 5.97 Å². The van der Waals surface area contributed by atoms with Crippen LogP contribution in [0.2, 0.25) is 0 Å². The number of hydrogen-bond acceptors (Lipinski definition) is 3. The number of carboxylic acids is 1. The van der Waals surface area contributed by atoms with E-state index in [0.29, 0.717) is 0 Å². The molecule has 0 bridgehead atoms. The lowest BCUT2D eigenvalue weighted by molar-refractivity contribution is -0.137. The topological polar surface area (TPSA) is 63.3 Å². The van der Waals surface area contributed by atoms with Gasteiger partial charge in [0.2, 0.25) is 0 Å². The van der Waals surface area contributed by atoms with Crippen LogP contribution in [0, 0.1) is 6.92 Å². The third-order valence-electron chi connectivity index (χ3n) is 2.49. The molecule has 0 fully saturated rings. The highest BCUT2D eigenvalue weighted by Gasteiger charge is 2.00. The van der Waals surface area contributed by atoms with Gasteiger partial charge in [0.15, 0.2) is 0 Å². The summed E-state index contributed by atoms with van der Waals surface area (Å²) in [4.78, 5) is 11.6. The molecule has 0 unspecified atom stereocenters. The van der Waals surface area contributed by atoms with E-state index in [-0.39, 0.29) is 6.42 Å². The molecule has 1 aromatic rings. The largest absolute Gasteiger partial charge is 0.481 e. The van der Waals surface area contributed by atoms with Crippen LogP contribution < -0.4 is 5.73 Å². The van der Waals surface area contributed by atoms with Crippen molar-refractivity contribution in [3.8, 4) is 0 Å². The van der Waals surface area contributed by atoms with Gasteiger partial charge in [-0.1, -0.05) is 6.42 Å². The molecule has 0 aromatic heterocycles. The number of anilines is 1. The lowest BCUT2D eigenvalue weighted by atomic mass is 10.2. The average molecular weight is 253 g/mol. The second-order valence-electron chi connectivity index (χ2n) is 4.08. The number of carboxylic acid groups (broad SMARTS) is 1. The minimum Gasteiger partial charge on any atom is -0.481 e. The van der Waals surface area contributed by atoms with Crippen LogP contribution in [0.5, 0.6) is 0 Å². The van der Waals surface area contributed by atoms with Crippen LogP contribution in [0.4, 0.5) is 5.69 Å². The molecular weight excluding hydrogens is 234 g/mol. The molecule has 0 aliphatic heterocycles. The summed E-state index contributed by atoms with van der Waals surface area (Å²) < 4.78 is 0. The highest BCUT2D eigenvalue weighted by atomic mass is 32.2. The second kappa shape index (κ2) is 7.22. The lowest BCUT2D eigenvalue weighted by Crippen LogP contribution is -1.94. The summed E-state index contributed by atoms with van der Waals surface area (Å²) in [6.45, 7) is 2.06. The third-order valence-corrected chi connectivity index (χ3v) is 3.75. The van der Waals surface area contributed by atoms with Crippen molar-refractivity contribution in [3.05, 3.63) is 23.8 Å². The van der Waals surface area contributed by atoms with Crippen LogP contribution in [0.15, 0.2) is 23.1 Å². The van der Waals surface area contributed by atoms with Crippen LogP contribution in [0.25, 0.3) is 0 Å². The first kappa shape index (κ1) is 13.9. The van der Waals surface area contributed by atoms with Gasteiger partial charge in [-0.2, -0.15) is 0 Å². The molecule has 0 spiro atoms. The van der Waals surface area contributed by atoms with E-state index in [1.54, 1.807) is 0 Å². The van der Waals surface area contributed by atoms with Crippen molar-refractivity contribution in [2.45, 2.75) is 37.5 Å². The van der Waals surface area contributed by atoms with Gasteiger partial charge >= 0.3 is 5.97 Å². The van der Waals surface area contributed by atoms with Gasteiger partial charge in [0.25, 0.3) is 0 Å². The molecule has 94 valence electrons. The maximum Gasteiger partial charge on any atom is 0.303 e. The quantitative estimate of drug-likeness (QED) is 0.444. The molecule has 3 nitrogen and oxygen atoms in total. The Bertz CT molecular complexity index is 380. The van der Waals surface area contributed by atoms with Crippen molar-refractivity contribution < 1.29 is 9.90 Å². The van der Waals surface area contributed by atoms with Crippen molar-refractivity contribution in [1.29, 1.82) is 0 Å². The Morgan fingerprint density at radius 2 is 2.12 bits per heavy atom. The number of aliphatic carboxylic acids is 1. The van der Waals surface area contributed by atoms with Gasteiger partial charge in [-0.15, -0.1) is 11.8 Å². The molecule has 1 aromatic carbocycles. The van der Waals surface area contributed by atoms with E-state index in [1.807, 2.05) is 30.0 Å². The predicted molar refractivity (Wildman–Crippen MR) is 72.4 cm³/mol. The Kier molecular flexibility index (Phi) is 5.91. The predicted octanol–water partition coefficient (Wildman–Crippen LogP) is 3.31. The zero-order valence-corrected chi connectivity index (χ0v) is 10.9. The summed E-state index contributed by atoms with van der Waals surface area (Å²) in [6.07, 6.45) is 3.09. The molecule has 0 amide bonds. The first-order valence-corrected chi connectivity index (χ1v) is 6.79. The molecule has 1 rings (SSSR count). The molecule has 0 aliphatic rings. The number of benzene rings is 1. The highest BCUT2D eigenvalue weighted by molar-refractivity contribution is 7.99. The molecule has 0 atom stereocenters. The van der Waals surface area contributed by atoms with Gasteiger partial charge in [0, 0.05) is 17.0 Å². The van der Waals surface area contributed by atoms with Gasteiger partial charge in [0.1, 0.15) is 0 Å². The number of nitrogens with two attached hydrogens (primary N) is 1. The second-order valence-corrected chi connectivity index (χ2v) is 5.21. The maximum absolute atomic E-state index is 10.3. The van der Waals surface area contributed by atoms with Crippen LogP contribution in [-0.2, 0) is 4.79 Å². The summed E-state index contributed by atoms with van der Waals surface area (Å²) in [6, 6.07) is 5.94. The van der Waals surface area contributed by atoms with Crippen molar-refractivity contribution in [1.82, 2.24) is 0 Å². The van der Waals surface area contributed by atoms with E-state index in [4.69, 9.17) is 10.8 Å². The van der Waals surface area contributed by atoms with Crippen molar-refractivity contribution >= 4 is 23.4 Å². The Balaban J connectivity index is 2.20. The molecule has 0 saturated heterocycles. The molecule has 17 heavy (non-hydrogen) atoms. The zero-order valence-electron chi connectivity index (χ0n) is 10.1. The fourth-order valence-corrected chi connectivity index (χ4v) is 2.59. The van der Waals surface area contributed by atoms with E-state index in [1.165, 1.54) is 10.5 Å². The Hall–Kier alpha value is -1.16. The summed E-state index contributed by atoms with van der Waals surface area (Å²) in [7, 11) is 0. The fraction of sp³-hybridized carbons (Fsp3) is 0.462. The number of aryl methyl sites for hydroxylation is 1. The number of hydrogen-bond donors (Lipinski definition) is 2. The van der Waals surface area contributed by atoms with E-state index in [9.17, 15) is 4.79 Å². The third kappa shape index (κ3) is 5.63. The van der Waals surface area contributed by atoms with Gasteiger partial charge in [-0.3, -0.25) is 4.79 Å². The number of rotatable bonds is 7. The Labute approximate surface area is 106 Å². The summed E-state index contributed by atoms with van der Waals surface area (Å²) in [5.74, 6) is 0.330. The average Bonchev–Trinajstić information content (AvgIpc) is 2.25. The normalized spacial score (nSPS) is 10.4. The summed E-state index contributed by atoms with van der Waals surface area (Å²) in [5.41, 5.74) is 7.69. The number of nitrogen functional groups attached to an aromatic ring is 1. The highest BCUT2D eigenvalue weighted by Crippen LogP contribution is 2.25. The molecular formula is C13H19NO2S. The van der Waals surface area contributed by atoms with Crippen molar-refractivity contribution in [2.75, 3.05) is 11.5 Å².